The van der Waals surface area contributed by atoms with Gasteiger partial charge in [-0.05, 0) is 36.4 Å². The molecule has 0 aliphatic carbocycles. The molecule has 1 unspecified atom stereocenters. The molecule has 0 saturated carbocycles. The molecule has 320 valence electrons. The van der Waals surface area contributed by atoms with Crippen LogP contribution in [0.1, 0.15) is 55.3 Å². The third-order valence-electron chi connectivity index (χ3n) is 8.78. The van der Waals surface area contributed by atoms with Gasteiger partial charge in [0, 0.05) is 39.5 Å². The van der Waals surface area contributed by atoms with Gasteiger partial charge in [0.15, 0.2) is 36.8 Å². The first kappa shape index (κ1) is 45.3. The zero-order valence-corrected chi connectivity index (χ0v) is 34.0. The molecule has 60 heavy (non-hydrogen) atoms. The Kier molecular flexibility index (Phi) is 16.2. The van der Waals surface area contributed by atoms with Crippen molar-refractivity contribution >= 4 is 53.5 Å². The summed E-state index contributed by atoms with van der Waals surface area (Å²) in [7, 11) is 0. The van der Waals surface area contributed by atoms with E-state index in [1.807, 2.05) is 0 Å². The molecule has 10 atom stereocenters. The van der Waals surface area contributed by atoms with Crippen LogP contribution in [0.25, 0.3) is 0 Å². The molecule has 0 aromatic heterocycles. The van der Waals surface area contributed by atoms with Gasteiger partial charge in [-0.1, -0.05) is 66.4 Å². The Labute approximate surface area is 349 Å². The van der Waals surface area contributed by atoms with Crippen molar-refractivity contribution in [3.05, 3.63) is 102 Å². The van der Waals surface area contributed by atoms with Gasteiger partial charge in [-0.3, -0.25) is 24.0 Å². The van der Waals surface area contributed by atoms with E-state index in [0.29, 0.717) is 4.90 Å². The van der Waals surface area contributed by atoms with E-state index < -0.39 is 116 Å². The maximum absolute atomic E-state index is 14.0. The van der Waals surface area contributed by atoms with Gasteiger partial charge in [0.25, 0.3) is 0 Å². The SMILES string of the molecule is CC(=O)OC[C@H]1O[C@H](O[C@@H]2[C@H](OC(=O)c3ccccc3)[C@@H](OC(=O)c3ccccc3)C(Sc3ccccc3)O[C@@H]2COC(C)=O)[C@H](OC(C)=O)[C@@H](OC(C)=O)[C@H]1OC(C)=O. The number of thioether (sulfide) groups is 1. The third-order valence-corrected chi connectivity index (χ3v) is 9.94. The highest BCUT2D eigenvalue weighted by Gasteiger charge is 2.57. The predicted octanol–water partition coefficient (Wildman–Crippen LogP) is 3.99. The molecule has 0 spiro atoms. The van der Waals surface area contributed by atoms with Gasteiger partial charge in [0.2, 0.25) is 0 Å². The molecule has 0 radical (unpaired) electrons. The average Bonchev–Trinajstić information content (AvgIpc) is 3.21. The molecule has 0 amide bonds. The summed E-state index contributed by atoms with van der Waals surface area (Å²) in [5.74, 6) is -5.82. The molecule has 0 bridgehead atoms. The van der Waals surface area contributed by atoms with Crippen molar-refractivity contribution in [2.24, 2.45) is 0 Å². The van der Waals surface area contributed by atoms with E-state index in [1.54, 1.807) is 66.7 Å². The summed E-state index contributed by atoms with van der Waals surface area (Å²) in [6.07, 6.45) is -14.2. The van der Waals surface area contributed by atoms with Gasteiger partial charge in [-0.25, -0.2) is 9.59 Å². The lowest BCUT2D eigenvalue weighted by molar-refractivity contribution is -0.340. The van der Waals surface area contributed by atoms with Gasteiger partial charge < -0.3 is 47.4 Å². The molecule has 3 aromatic carbocycles. The molecule has 2 saturated heterocycles. The molecule has 2 fully saturated rings. The van der Waals surface area contributed by atoms with Crippen molar-refractivity contribution in [3.63, 3.8) is 0 Å². The summed E-state index contributed by atoms with van der Waals surface area (Å²) >= 11 is 1.11. The standard InChI is InChI=1S/C42H44O17S/c1-23(43)50-21-31-33(52-25(3)45)35(53-26(4)46)37(54-27(5)47)41(55-31)59-34-32(22-51-24(2)44)56-42(60-30-19-13-8-14-20-30)38(58-40(49)29-17-11-7-12-18-29)36(34)57-39(48)28-15-9-6-10-16-28/h6-20,31-38,41-42H,21-22H2,1-5H3/t31-,32-,33+,34+,35+,36+,37-,38-,41-,42?/m1/s1. The summed E-state index contributed by atoms with van der Waals surface area (Å²) in [5.41, 5.74) is -0.912. The molecule has 18 heteroatoms. The van der Waals surface area contributed by atoms with E-state index in [-0.39, 0.29) is 11.1 Å². The number of ether oxygens (including phenoxy) is 10. The van der Waals surface area contributed by atoms with Crippen molar-refractivity contribution < 1.29 is 80.9 Å². The number of benzene rings is 3. The minimum Gasteiger partial charge on any atom is -0.463 e. The number of esters is 7. The number of hydrogen-bond acceptors (Lipinski definition) is 18. The molecule has 2 aliphatic heterocycles. The minimum absolute atomic E-state index is 0.104. The number of carbonyl (C=O) groups is 7. The number of carbonyl (C=O) groups excluding carboxylic acids is 7. The second-order valence-corrected chi connectivity index (χ2v) is 14.6. The van der Waals surface area contributed by atoms with Gasteiger partial charge >= 0.3 is 41.8 Å². The van der Waals surface area contributed by atoms with Crippen molar-refractivity contribution in [1.29, 1.82) is 0 Å². The first-order valence-electron chi connectivity index (χ1n) is 18.7. The predicted molar refractivity (Wildman–Crippen MR) is 206 cm³/mol. The fourth-order valence-electron chi connectivity index (χ4n) is 6.35. The van der Waals surface area contributed by atoms with Crippen LogP contribution in [0.4, 0.5) is 0 Å². The van der Waals surface area contributed by atoms with Gasteiger partial charge in [0.05, 0.1) is 11.1 Å². The molecule has 5 rings (SSSR count). The Morgan fingerprint density at radius 1 is 0.467 bits per heavy atom. The van der Waals surface area contributed by atoms with Crippen molar-refractivity contribution in [1.82, 2.24) is 0 Å². The summed E-state index contributed by atoms with van der Waals surface area (Å²) in [5, 5.41) is 0. The highest BCUT2D eigenvalue weighted by Crippen LogP contribution is 2.40. The largest absolute Gasteiger partial charge is 0.463 e. The van der Waals surface area contributed by atoms with E-state index in [1.165, 1.54) is 24.3 Å². The van der Waals surface area contributed by atoms with Crippen LogP contribution in [0.3, 0.4) is 0 Å². The van der Waals surface area contributed by atoms with E-state index >= 15 is 0 Å². The Balaban J connectivity index is 1.67. The smallest absolute Gasteiger partial charge is 0.338 e. The molecule has 17 nitrogen and oxygen atoms in total. The zero-order valence-electron chi connectivity index (χ0n) is 33.2. The third kappa shape index (κ3) is 12.6. The van der Waals surface area contributed by atoms with Crippen LogP contribution in [0.2, 0.25) is 0 Å². The van der Waals surface area contributed by atoms with Crippen molar-refractivity contribution in [2.75, 3.05) is 13.2 Å². The van der Waals surface area contributed by atoms with Crippen LogP contribution in [0, 0.1) is 0 Å². The second kappa shape index (κ2) is 21.4. The van der Waals surface area contributed by atoms with E-state index in [0.717, 1.165) is 46.4 Å². The van der Waals surface area contributed by atoms with E-state index in [4.69, 9.17) is 47.4 Å². The van der Waals surface area contributed by atoms with Gasteiger partial charge in [-0.2, -0.15) is 0 Å². The second-order valence-electron chi connectivity index (χ2n) is 13.4. The van der Waals surface area contributed by atoms with Crippen LogP contribution in [0.5, 0.6) is 0 Å². The quantitative estimate of drug-likeness (QED) is 0.156. The molecule has 0 N–H and O–H groups in total. The van der Waals surface area contributed by atoms with E-state index in [2.05, 4.69) is 0 Å². The summed E-state index contributed by atoms with van der Waals surface area (Å²) in [6, 6.07) is 24.8. The molecule has 2 heterocycles. The number of hydrogen-bond donors (Lipinski definition) is 0. The Morgan fingerprint density at radius 3 is 1.37 bits per heavy atom. The summed E-state index contributed by atoms with van der Waals surface area (Å²) < 4.78 is 59.1. The summed E-state index contributed by atoms with van der Waals surface area (Å²) in [6.45, 7) is 4.37. The summed E-state index contributed by atoms with van der Waals surface area (Å²) in [4.78, 5) is 90.4. The lowest BCUT2D eigenvalue weighted by atomic mass is 9.96. The lowest BCUT2D eigenvalue weighted by Crippen LogP contribution is -2.66. The maximum atomic E-state index is 14.0. The molecular weight excluding hydrogens is 809 g/mol. The van der Waals surface area contributed by atoms with Gasteiger partial charge in [0.1, 0.15) is 37.0 Å². The fourth-order valence-corrected chi connectivity index (χ4v) is 7.47. The Bertz CT molecular complexity index is 1960. The van der Waals surface area contributed by atoms with Crippen molar-refractivity contribution in [3.8, 4) is 0 Å². The topological polar surface area (TPSA) is 212 Å². The Hall–Kier alpha value is -5.82. The van der Waals surface area contributed by atoms with Crippen LogP contribution in [-0.4, -0.2) is 116 Å². The Morgan fingerprint density at radius 2 is 0.883 bits per heavy atom. The van der Waals surface area contributed by atoms with Crippen LogP contribution in [0.15, 0.2) is 95.9 Å². The monoisotopic (exact) mass is 852 g/mol. The van der Waals surface area contributed by atoms with Crippen LogP contribution < -0.4 is 0 Å². The maximum Gasteiger partial charge on any atom is 0.338 e. The van der Waals surface area contributed by atoms with E-state index in [9.17, 15) is 33.6 Å². The molecule has 3 aromatic rings. The normalized spacial score (nSPS) is 26.0. The average molecular weight is 853 g/mol. The zero-order chi connectivity index (χ0) is 43.3. The first-order valence-corrected chi connectivity index (χ1v) is 19.6. The lowest BCUT2D eigenvalue weighted by Gasteiger charge is -2.48. The fraction of sp³-hybridized carbons (Fsp3) is 0.405. The minimum atomic E-state index is -1.82. The number of rotatable bonds is 15. The highest BCUT2D eigenvalue weighted by molar-refractivity contribution is 7.99. The van der Waals surface area contributed by atoms with Gasteiger partial charge in [-0.15, -0.1) is 0 Å². The highest BCUT2D eigenvalue weighted by atomic mass is 32.2. The van der Waals surface area contributed by atoms with Crippen LogP contribution >= 0.6 is 11.8 Å². The van der Waals surface area contributed by atoms with Crippen molar-refractivity contribution in [2.45, 2.75) is 100 Å². The first-order chi connectivity index (χ1) is 28.7. The molecular formula is C42H44O17S. The van der Waals surface area contributed by atoms with Crippen LogP contribution in [-0.2, 0) is 71.3 Å². The molecule has 2 aliphatic rings.